The lowest BCUT2D eigenvalue weighted by Gasteiger charge is -2.11. The number of halogens is 1. The van der Waals surface area contributed by atoms with Gasteiger partial charge in [-0.3, -0.25) is 4.98 Å². The van der Waals surface area contributed by atoms with Crippen molar-refractivity contribution in [2.45, 2.75) is 11.4 Å². The van der Waals surface area contributed by atoms with Crippen molar-refractivity contribution in [2.24, 2.45) is 0 Å². The molecular weight excluding hydrogens is 363 g/mol. The van der Waals surface area contributed by atoms with Gasteiger partial charge in [0.1, 0.15) is 16.5 Å². The maximum absolute atomic E-state index is 13.4. The largest absolute Gasteiger partial charge is 0.495 e. The number of ether oxygens (including phenoxy) is 1. The molecule has 0 aliphatic carbocycles. The Kier molecular flexibility index (Phi) is 5.12. The van der Waals surface area contributed by atoms with Crippen LogP contribution in [0.4, 0.5) is 4.39 Å². The molecule has 25 heavy (non-hydrogen) atoms. The summed E-state index contributed by atoms with van der Waals surface area (Å²) in [6.45, 7) is 0.0359. The molecule has 0 aliphatic rings. The molecule has 0 fully saturated rings. The molecule has 5 nitrogen and oxygen atoms in total. The van der Waals surface area contributed by atoms with Crippen LogP contribution < -0.4 is 9.46 Å². The number of benzene rings is 1. The highest BCUT2D eigenvalue weighted by atomic mass is 32.2. The Hall–Kier alpha value is -2.29. The third-order valence-corrected chi connectivity index (χ3v) is 5.82. The number of thiophene rings is 1. The summed E-state index contributed by atoms with van der Waals surface area (Å²) in [7, 11) is -2.60. The molecule has 0 spiro atoms. The summed E-state index contributed by atoms with van der Waals surface area (Å²) in [5.41, 5.74) is 1.61. The number of methoxy groups -OCH3 is 1. The summed E-state index contributed by atoms with van der Waals surface area (Å²) >= 11 is 1.57. The molecule has 0 bridgehead atoms. The molecule has 3 rings (SSSR count). The maximum Gasteiger partial charge on any atom is 0.244 e. The number of pyridine rings is 1. The predicted octanol–water partition coefficient (Wildman–Crippen LogP) is 3.44. The van der Waals surface area contributed by atoms with Crippen LogP contribution in [-0.2, 0) is 16.6 Å². The molecule has 1 N–H and O–H groups in total. The summed E-state index contributed by atoms with van der Waals surface area (Å²) in [5.74, 6) is -0.568. The molecule has 2 heterocycles. The fourth-order valence-electron chi connectivity index (χ4n) is 2.28. The lowest BCUT2D eigenvalue weighted by molar-refractivity contribution is 0.400. The molecule has 0 radical (unpaired) electrons. The van der Waals surface area contributed by atoms with Crippen LogP contribution in [0.2, 0.25) is 0 Å². The minimum Gasteiger partial charge on any atom is -0.495 e. The van der Waals surface area contributed by atoms with E-state index in [1.165, 1.54) is 13.2 Å². The summed E-state index contributed by atoms with van der Waals surface area (Å²) < 4.78 is 45.8. The van der Waals surface area contributed by atoms with Gasteiger partial charge in [-0.15, -0.1) is 11.3 Å². The number of sulfonamides is 1. The van der Waals surface area contributed by atoms with Gasteiger partial charge in [0.2, 0.25) is 10.0 Å². The first-order valence-corrected chi connectivity index (χ1v) is 9.67. The van der Waals surface area contributed by atoms with Gasteiger partial charge in [0.25, 0.3) is 0 Å². The predicted molar refractivity (Wildman–Crippen MR) is 94.5 cm³/mol. The van der Waals surface area contributed by atoms with Crippen molar-refractivity contribution in [3.05, 3.63) is 65.6 Å². The highest BCUT2D eigenvalue weighted by Crippen LogP contribution is 2.26. The van der Waals surface area contributed by atoms with Gasteiger partial charge >= 0.3 is 0 Å². The van der Waals surface area contributed by atoms with Crippen molar-refractivity contribution in [2.75, 3.05) is 7.11 Å². The first-order chi connectivity index (χ1) is 12.0. The van der Waals surface area contributed by atoms with Crippen molar-refractivity contribution < 1.29 is 17.5 Å². The summed E-state index contributed by atoms with van der Waals surface area (Å²) in [6, 6.07) is 9.12. The molecule has 130 valence electrons. The average Bonchev–Trinajstić information content (AvgIpc) is 3.15. The first kappa shape index (κ1) is 17.5. The van der Waals surface area contributed by atoms with Gasteiger partial charge in [-0.05, 0) is 41.3 Å². The van der Waals surface area contributed by atoms with Crippen molar-refractivity contribution in [1.82, 2.24) is 9.71 Å². The summed E-state index contributed by atoms with van der Waals surface area (Å²) in [4.78, 5) is 4.96. The van der Waals surface area contributed by atoms with Crippen LogP contribution in [-0.4, -0.2) is 20.5 Å². The smallest absolute Gasteiger partial charge is 0.244 e. The van der Waals surface area contributed by atoms with Crippen molar-refractivity contribution >= 4 is 21.4 Å². The van der Waals surface area contributed by atoms with Gasteiger partial charge in [-0.25, -0.2) is 17.5 Å². The van der Waals surface area contributed by atoms with E-state index in [-0.39, 0.29) is 17.2 Å². The molecule has 0 saturated carbocycles. The first-order valence-electron chi connectivity index (χ1n) is 7.30. The van der Waals surface area contributed by atoms with E-state index in [1.807, 2.05) is 23.6 Å². The van der Waals surface area contributed by atoms with Crippen molar-refractivity contribution in [3.63, 3.8) is 0 Å². The van der Waals surface area contributed by atoms with E-state index in [2.05, 4.69) is 9.71 Å². The second-order valence-electron chi connectivity index (χ2n) is 5.18. The van der Waals surface area contributed by atoms with Gasteiger partial charge in [0, 0.05) is 29.4 Å². The van der Waals surface area contributed by atoms with Gasteiger partial charge in [-0.1, -0.05) is 6.07 Å². The van der Waals surface area contributed by atoms with Crippen LogP contribution in [0.5, 0.6) is 5.75 Å². The zero-order valence-corrected chi connectivity index (χ0v) is 14.9. The van der Waals surface area contributed by atoms with E-state index in [9.17, 15) is 12.8 Å². The van der Waals surface area contributed by atoms with E-state index in [4.69, 9.17) is 4.74 Å². The van der Waals surface area contributed by atoms with Crippen molar-refractivity contribution in [3.8, 4) is 16.2 Å². The number of rotatable bonds is 6. The van der Waals surface area contributed by atoms with Crippen LogP contribution in [0.1, 0.15) is 5.56 Å². The number of aromatic nitrogens is 1. The van der Waals surface area contributed by atoms with E-state index in [1.54, 1.807) is 23.7 Å². The highest BCUT2D eigenvalue weighted by molar-refractivity contribution is 7.89. The quantitative estimate of drug-likeness (QED) is 0.713. The SMILES string of the molecule is COc1ccc(F)cc1S(=O)(=O)NCc1cncc(-c2cccs2)c1. The monoisotopic (exact) mass is 378 g/mol. The minimum atomic E-state index is -3.93. The minimum absolute atomic E-state index is 0.0359. The summed E-state index contributed by atoms with van der Waals surface area (Å²) in [6.07, 6.45) is 3.31. The highest BCUT2D eigenvalue weighted by Gasteiger charge is 2.20. The molecule has 8 heteroatoms. The normalized spacial score (nSPS) is 11.4. The van der Waals surface area contributed by atoms with Gasteiger partial charge in [0.15, 0.2) is 0 Å². The maximum atomic E-state index is 13.4. The van der Waals surface area contributed by atoms with Crippen molar-refractivity contribution in [1.29, 1.82) is 0 Å². The number of hydrogen-bond acceptors (Lipinski definition) is 5. The Labute approximate surface area is 149 Å². The van der Waals surface area contributed by atoms with Gasteiger partial charge < -0.3 is 4.74 Å². The zero-order valence-electron chi connectivity index (χ0n) is 13.3. The second kappa shape index (κ2) is 7.30. The molecular formula is C17H15FN2O3S2. The average molecular weight is 378 g/mol. The Balaban J connectivity index is 1.81. The molecule has 0 aliphatic heterocycles. The van der Waals surface area contributed by atoms with Crippen LogP contribution in [0.3, 0.4) is 0 Å². The third kappa shape index (κ3) is 4.04. The summed E-state index contributed by atoms with van der Waals surface area (Å²) in [5, 5.41) is 1.96. The number of nitrogens with zero attached hydrogens (tertiary/aromatic N) is 1. The molecule has 1 aromatic carbocycles. The van der Waals surface area contributed by atoms with E-state index >= 15 is 0 Å². The van der Waals surface area contributed by atoms with E-state index < -0.39 is 15.8 Å². The fourth-order valence-corrected chi connectivity index (χ4v) is 4.18. The molecule has 0 saturated heterocycles. The Morgan fingerprint density at radius 1 is 1.24 bits per heavy atom. The van der Waals surface area contributed by atoms with Gasteiger partial charge in [-0.2, -0.15) is 0 Å². The van der Waals surface area contributed by atoms with Crippen LogP contribution in [0.25, 0.3) is 10.4 Å². The standard InChI is InChI=1S/C17H15FN2O3S2/c1-23-15-5-4-14(18)8-17(15)25(21,22)20-10-12-7-13(11-19-9-12)16-3-2-6-24-16/h2-9,11,20H,10H2,1H3. The lowest BCUT2D eigenvalue weighted by Crippen LogP contribution is -2.24. The Morgan fingerprint density at radius 3 is 2.80 bits per heavy atom. The Bertz CT molecular complexity index is 973. The fraction of sp³-hybridized carbons (Fsp3) is 0.118. The number of hydrogen-bond donors (Lipinski definition) is 1. The van der Waals surface area contributed by atoms with Gasteiger partial charge in [0.05, 0.1) is 7.11 Å². The van der Waals surface area contributed by atoms with E-state index in [0.717, 1.165) is 22.6 Å². The third-order valence-electron chi connectivity index (χ3n) is 3.48. The van der Waals surface area contributed by atoms with Crippen LogP contribution in [0.15, 0.2) is 59.1 Å². The molecule has 0 atom stereocenters. The van der Waals surface area contributed by atoms with Crippen LogP contribution in [0, 0.1) is 5.82 Å². The number of nitrogens with one attached hydrogen (secondary N) is 1. The Morgan fingerprint density at radius 2 is 2.08 bits per heavy atom. The zero-order chi connectivity index (χ0) is 17.9. The molecule has 2 aromatic heterocycles. The van der Waals surface area contributed by atoms with Crippen LogP contribution >= 0.6 is 11.3 Å². The van der Waals surface area contributed by atoms with E-state index in [0.29, 0.717) is 5.56 Å². The molecule has 0 unspecified atom stereocenters. The molecule has 0 amide bonds. The lowest BCUT2D eigenvalue weighted by atomic mass is 10.2. The topological polar surface area (TPSA) is 68.3 Å². The second-order valence-corrected chi connectivity index (χ2v) is 7.86. The molecule has 3 aromatic rings.